The van der Waals surface area contributed by atoms with Crippen LogP contribution >= 0.6 is 0 Å². The van der Waals surface area contributed by atoms with Gasteiger partial charge in [-0.3, -0.25) is 5.41 Å². The second-order valence-corrected chi connectivity index (χ2v) is 5.74. The summed E-state index contributed by atoms with van der Waals surface area (Å²) in [4.78, 5) is 16.9. The molecule has 0 aromatic carbocycles. The smallest absolute Gasteiger partial charge is 0.183 e. The Morgan fingerprint density at radius 2 is 1.96 bits per heavy atom. The van der Waals surface area contributed by atoms with Gasteiger partial charge in [-0.25, -0.2) is 15.0 Å². The van der Waals surface area contributed by atoms with E-state index in [2.05, 4.69) is 20.1 Å². The van der Waals surface area contributed by atoms with Crippen LogP contribution in [0.3, 0.4) is 0 Å². The van der Waals surface area contributed by atoms with E-state index in [0.29, 0.717) is 22.9 Å². The van der Waals surface area contributed by atoms with Crippen LogP contribution in [0.15, 0.2) is 40.2 Å². The summed E-state index contributed by atoms with van der Waals surface area (Å²) in [5, 5.41) is 12.4. The van der Waals surface area contributed by atoms with E-state index >= 15 is 0 Å². The van der Waals surface area contributed by atoms with Crippen molar-refractivity contribution in [2.45, 2.75) is 0 Å². The summed E-state index contributed by atoms with van der Waals surface area (Å²) in [5.41, 5.74) is 7.66. The highest BCUT2D eigenvalue weighted by Gasteiger charge is 2.19. The lowest BCUT2D eigenvalue weighted by atomic mass is 10.2. The number of aromatic nitrogens is 3. The van der Waals surface area contributed by atoms with Crippen LogP contribution in [0.25, 0.3) is 5.65 Å². The molecule has 3 N–H and O–H groups in total. The topological polar surface area (TPSA) is 111 Å². The van der Waals surface area contributed by atoms with Gasteiger partial charge in [-0.15, -0.1) is 0 Å². The van der Waals surface area contributed by atoms with Crippen molar-refractivity contribution in [1.29, 1.82) is 5.41 Å². The number of hydrogen-bond acceptors (Lipinski definition) is 7. The lowest BCUT2D eigenvalue weighted by Crippen LogP contribution is -2.33. The predicted molar refractivity (Wildman–Crippen MR) is 95.5 cm³/mol. The Labute approximate surface area is 139 Å². The van der Waals surface area contributed by atoms with Crippen molar-refractivity contribution in [3.63, 3.8) is 0 Å². The third-order valence-corrected chi connectivity index (χ3v) is 3.48. The lowest BCUT2D eigenvalue weighted by molar-refractivity contribution is 0.622. The van der Waals surface area contributed by atoms with Crippen molar-refractivity contribution >= 4 is 34.5 Å². The molecule has 9 heteroatoms. The molecule has 0 saturated carbocycles. The molecular weight excluding hydrogens is 306 g/mol. The molecule has 1 aliphatic rings. The quantitative estimate of drug-likeness (QED) is 0.842. The Balaban J connectivity index is 2.11. The van der Waals surface area contributed by atoms with Crippen LogP contribution in [0, 0.1) is 5.41 Å². The zero-order valence-corrected chi connectivity index (χ0v) is 14.0. The van der Waals surface area contributed by atoms with E-state index in [-0.39, 0.29) is 11.5 Å². The number of nitrogens with one attached hydrogen (secondary N) is 1. The maximum Gasteiger partial charge on any atom is 0.183 e. The fourth-order valence-corrected chi connectivity index (χ4v) is 2.35. The van der Waals surface area contributed by atoms with Crippen molar-refractivity contribution in [3.8, 4) is 0 Å². The van der Waals surface area contributed by atoms with E-state index in [0.717, 1.165) is 5.82 Å². The number of fused-ring (bicyclic) bond motifs is 1. The molecule has 0 bridgehead atoms. The van der Waals surface area contributed by atoms with Crippen LogP contribution in [0.1, 0.15) is 0 Å². The van der Waals surface area contributed by atoms with Gasteiger partial charge in [0.2, 0.25) is 0 Å². The summed E-state index contributed by atoms with van der Waals surface area (Å²) < 4.78 is 1.70. The Hall–Kier alpha value is -3.23. The second kappa shape index (κ2) is 5.76. The van der Waals surface area contributed by atoms with Gasteiger partial charge < -0.3 is 15.5 Å². The summed E-state index contributed by atoms with van der Waals surface area (Å²) in [6.07, 6.45) is 4.86. The molecule has 24 heavy (non-hydrogen) atoms. The van der Waals surface area contributed by atoms with Gasteiger partial charge in [0.05, 0.1) is 11.9 Å². The van der Waals surface area contributed by atoms with Crippen LogP contribution in [0.5, 0.6) is 0 Å². The number of amidine groups is 2. The monoisotopic (exact) mass is 325 g/mol. The molecule has 1 aliphatic heterocycles. The zero-order valence-electron chi connectivity index (χ0n) is 14.0. The van der Waals surface area contributed by atoms with E-state index in [4.69, 9.17) is 11.1 Å². The van der Waals surface area contributed by atoms with Gasteiger partial charge in [-0.1, -0.05) is 0 Å². The maximum absolute atomic E-state index is 8.06. The summed E-state index contributed by atoms with van der Waals surface area (Å²) in [5.74, 6) is 1.73. The highest BCUT2D eigenvalue weighted by atomic mass is 15.3. The number of likely N-dealkylation sites (N-methyl/N-ethyl adjacent to an activating group) is 1. The van der Waals surface area contributed by atoms with Crippen molar-refractivity contribution in [2.24, 2.45) is 15.7 Å². The molecule has 2 aromatic heterocycles. The summed E-state index contributed by atoms with van der Waals surface area (Å²) >= 11 is 0. The molecule has 2 aromatic rings. The first-order valence-electron chi connectivity index (χ1n) is 7.29. The van der Waals surface area contributed by atoms with Gasteiger partial charge in [-0.05, 0) is 12.1 Å². The predicted octanol–water partition coefficient (Wildman–Crippen LogP) is 0.661. The summed E-state index contributed by atoms with van der Waals surface area (Å²) in [6, 6.07) is 1.87. The fraction of sp³-hybridized carbons (Fsp3) is 0.267. The largest absolute Gasteiger partial charge is 0.396 e. The standard InChI is InChI=1S/C15H19N9/c1-22(2)12-5-6-18-15-11(8-19-24(12)15)20-13-9(16)7-10(17)14(21-13)23(3)4/h5-8,16H,17H2,1-4H3. The molecule has 0 radical (unpaired) electrons. The first kappa shape index (κ1) is 15.7. The zero-order chi connectivity index (χ0) is 17.4. The number of dihydropyridines is 1. The van der Waals surface area contributed by atoms with Gasteiger partial charge in [-0.2, -0.15) is 9.61 Å². The molecule has 0 spiro atoms. The van der Waals surface area contributed by atoms with E-state index in [9.17, 15) is 0 Å². The van der Waals surface area contributed by atoms with Crippen LogP contribution in [-0.2, 0) is 0 Å². The van der Waals surface area contributed by atoms with Gasteiger partial charge in [0.1, 0.15) is 17.2 Å². The highest BCUT2D eigenvalue weighted by molar-refractivity contribution is 6.49. The molecule has 0 unspecified atom stereocenters. The number of anilines is 1. The minimum atomic E-state index is 0.154. The Bertz CT molecular complexity index is 899. The Morgan fingerprint density at radius 3 is 2.62 bits per heavy atom. The first-order chi connectivity index (χ1) is 11.4. The number of nitrogens with two attached hydrogens (primary N) is 1. The van der Waals surface area contributed by atoms with Crippen LogP contribution < -0.4 is 10.6 Å². The molecule has 9 nitrogen and oxygen atoms in total. The van der Waals surface area contributed by atoms with Gasteiger partial charge in [0.15, 0.2) is 17.3 Å². The van der Waals surface area contributed by atoms with E-state index in [1.165, 1.54) is 0 Å². The van der Waals surface area contributed by atoms with Crippen LogP contribution in [0.2, 0.25) is 0 Å². The molecule has 124 valence electrons. The van der Waals surface area contributed by atoms with E-state index in [1.54, 1.807) is 27.9 Å². The molecule has 0 atom stereocenters. The second-order valence-electron chi connectivity index (χ2n) is 5.74. The number of aliphatic imine (C=N–C) groups is 2. The van der Waals surface area contributed by atoms with Crippen molar-refractivity contribution < 1.29 is 0 Å². The molecule has 0 fully saturated rings. The van der Waals surface area contributed by atoms with Gasteiger partial charge in [0.25, 0.3) is 0 Å². The molecule has 0 aliphatic carbocycles. The first-order valence-corrected chi connectivity index (χ1v) is 7.29. The van der Waals surface area contributed by atoms with Crippen molar-refractivity contribution in [1.82, 2.24) is 19.5 Å². The van der Waals surface area contributed by atoms with E-state index in [1.807, 2.05) is 39.2 Å². The normalized spacial score (nSPS) is 16.3. The SMILES string of the molecule is CN(C)C1=NC(=Nc2cnn3c(N(C)C)ccnc23)C(=N)C=C1N. The Kier molecular flexibility index (Phi) is 3.76. The fourth-order valence-electron chi connectivity index (χ4n) is 2.35. The van der Waals surface area contributed by atoms with E-state index < -0.39 is 0 Å². The Morgan fingerprint density at radius 1 is 1.21 bits per heavy atom. The minimum absolute atomic E-state index is 0.154. The van der Waals surface area contributed by atoms with Crippen LogP contribution in [-0.4, -0.2) is 65.1 Å². The number of rotatable bonds is 2. The third-order valence-electron chi connectivity index (χ3n) is 3.48. The molecule has 0 amide bonds. The van der Waals surface area contributed by atoms with Gasteiger partial charge >= 0.3 is 0 Å². The molecule has 3 rings (SSSR count). The maximum atomic E-state index is 8.06. The molecule has 0 saturated heterocycles. The average Bonchev–Trinajstić information content (AvgIpc) is 2.92. The van der Waals surface area contributed by atoms with Gasteiger partial charge in [0, 0.05) is 34.4 Å². The van der Waals surface area contributed by atoms with Crippen molar-refractivity contribution in [2.75, 3.05) is 33.1 Å². The minimum Gasteiger partial charge on any atom is -0.396 e. The third kappa shape index (κ3) is 2.60. The molecular formula is C15H19N9. The number of hydrogen-bond donors (Lipinski definition) is 2. The number of nitrogens with zero attached hydrogens (tertiary/aromatic N) is 7. The average molecular weight is 325 g/mol. The highest BCUT2D eigenvalue weighted by Crippen LogP contribution is 2.23. The molecule has 3 heterocycles. The summed E-state index contributed by atoms with van der Waals surface area (Å²) in [7, 11) is 7.54. The van der Waals surface area contributed by atoms with Crippen molar-refractivity contribution in [3.05, 3.63) is 30.2 Å². The summed E-state index contributed by atoms with van der Waals surface area (Å²) in [6.45, 7) is 0. The van der Waals surface area contributed by atoms with Crippen LogP contribution in [0.4, 0.5) is 11.5 Å². The lowest BCUT2D eigenvalue weighted by Gasteiger charge is -2.19.